The number of benzene rings is 2. The number of anilines is 1. The van der Waals surface area contributed by atoms with E-state index < -0.39 is 22.0 Å². The average molecular weight is 441 g/mol. The van der Waals surface area contributed by atoms with Gasteiger partial charge in [-0.05, 0) is 44.2 Å². The minimum Gasteiger partial charge on any atom is -0.495 e. The summed E-state index contributed by atoms with van der Waals surface area (Å²) >= 11 is 6.03. The monoisotopic (exact) mass is 440 g/mol. The van der Waals surface area contributed by atoms with Gasteiger partial charge < -0.3 is 14.8 Å². The number of sulfonamides is 1. The van der Waals surface area contributed by atoms with Gasteiger partial charge in [0.25, 0.3) is 0 Å². The number of hydrogen-bond acceptors (Lipinski definition) is 5. The molecule has 0 saturated heterocycles. The second kappa shape index (κ2) is 9.84. The number of ether oxygens (including phenoxy) is 2. The Balaban J connectivity index is 2.07. The Hall–Kier alpha value is -2.45. The number of aryl methyl sites for hydroxylation is 1. The first-order chi connectivity index (χ1) is 13.6. The van der Waals surface area contributed by atoms with Crippen LogP contribution in [0, 0.1) is 6.92 Å². The van der Waals surface area contributed by atoms with Crippen molar-refractivity contribution in [3.05, 3.63) is 53.1 Å². The molecule has 0 heterocycles. The Morgan fingerprint density at radius 3 is 2.45 bits per heavy atom. The van der Waals surface area contributed by atoms with Gasteiger partial charge in [0, 0.05) is 5.02 Å². The Kier molecular flexibility index (Phi) is 7.75. The van der Waals surface area contributed by atoms with Crippen LogP contribution in [-0.4, -0.2) is 46.9 Å². The first kappa shape index (κ1) is 22.8. The average Bonchev–Trinajstić information content (AvgIpc) is 2.65. The van der Waals surface area contributed by atoms with E-state index in [1.54, 1.807) is 12.1 Å². The van der Waals surface area contributed by atoms with Crippen molar-refractivity contribution in [3.63, 3.8) is 0 Å². The Labute approximate surface area is 176 Å². The molecule has 0 saturated carbocycles. The molecule has 158 valence electrons. The molecule has 0 radical (unpaired) electrons. The number of nitrogens with zero attached hydrogens (tertiary/aromatic N) is 1. The zero-order chi connectivity index (χ0) is 21.6. The lowest BCUT2D eigenvalue weighted by Crippen LogP contribution is -2.48. The molecular weight excluding hydrogens is 416 g/mol. The van der Waals surface area contributed by atoms with Gasteiger partial charge in [-0.25, -0.2) is 8.42 Å². The molecule has 9 heteroatoms. The van der Waals surface area contributed by atoms with Gasteiger partial charge in [0.15, 0.2) is 0 Å². The molecule has 0 aliphatic carbocycles. The Morgan fingerprint density at radius 1 is 1.21 bits per heavy atom. The predicted molar refractivity (Wildman–Crippen MR) is 114 cm³/mol. The molecule has 1 atom stereocenters. The number of hydrogen-bond donors (Lipinski definition) is 1. The second-order valence-electron chi connectivity index (χ2n) is 6.50. The zero-order valence-electron chi connectivity index (χ0n) is 16.8. The minimum atomic E-state index is -3.79. The molecule has 0 aliphatic rings. The molecule has 2 aromatic carbocycles. The van der Waals surface area contributed by atoms with Gasteiger partial charge in [-0.3, -0.25) is 9.10 Å². The maximum Gasteiger partial charge on any atom is 0.243 e. The van der Waals surface area contributed by atoms with Crippen molar-refractivity contribution in [3.8, 4) is 11.5 Å². The van der Waals surface area contributed by atoms with Crippen molar-refractivity contribution in [2.75, 3.05) is 30.8 Å². The third kappa shape index (κ3) is 6.27. The lowest BCUT2D eigenvalue weighted by atomic mass is 10.2. The molecule has 0 aliphatic heterocycles. The normalized spacial score (nSPS) is 12.2. The minimum absolute atomic E-state index is 0.195. The molecule has 0 aromatic heterocycles. The van der Waals surface area contributed by atoms with Crippen molar-refractivity contribution < 1.29 is 22.7 Å². The van der Waals surface area contributed by atoms with Crippen LogP contribution in [0.15, 0.2) is 42.5 Å². The van der Waals surface area contributed by atoms with E-state index in [1.165, 1.54) is 20.1 Å². The van der Waals surface area contributed by atoms with Crippen molar-refractivity contribution in [1.29, 1.82) is 0 Å². The van der Waals surface area contributed by atoms with Gasteiger partial charge >= 0.3 is 0 Å². The number of nitrogens with one attached hydrogen (secondary N) is 1. The van der Waals surface area contributed by atoms with E-state index in [9.17, 15) is 13.2 Å². The van der Waals surface area contributed by atoms with Crippen molar-refractivity contribution >= 4 is 33.2 Å². The topological polar surface area (TPSA) is 84.9 Å². The van der Waals surface area contributed by atoms with Gasteiger partial charge in [-0.15, -0.1) is 0 Å². The van der Waals surface area contributed by atoms with Crippen LogP contribution in [0.25, 0.3) is 0 Å². The summed E-state index contributed by atoms with van der Waals surface area (Å²) in [7, 11) is -2.37. The lowest BCUT2D eigenvalue weighted by Gasteiger charge is -2.29. The van der Waals surface area contributed by atoms with Crippen LogP contribution in [0.4, 0.5) is 5.69 Å². The maximum atomic E-state index is 12.6. The third-order valence-electron chi connectivity index (χ3n) is 4.16. The van der Waals surface area contributed by atoms with E-state index in [1.807, 2.05) is 31.2 Å². The molecule has 0 fully saturated rings. The number of rotatable bonds is 9. The number of halogens is 1. The first-order valence-electron chi connectivity index (χ1n) is 8.93. The van der Waals surface area contributed by atoms with Gasteiger partial charge in [-0.2, -0.15) is 0 Å². The molecule has 0 bridgehead atoms. The summed E-state index contributed by atoms with van der Waals surface area (Å²) in [4.78, 5) is 12.6. The van der Waals surface area contributed by atoms with Crippen LogP contribution in [0.3, 0.4) is 0 Å². The van der Waals surface area contributed by atoms with Crippen molar-refractivity contribution in [2.45, 2.75) is 19.9 Å². The molecule has 1 amide bonds. The number of carbonyl (C=O) groups is 1. The summed E-state index contributed by atoms with van der Waals surface area (Å²) < 4.78 is 36.7. The van der Waals surface area contributed by atoms with E-state index in [2.05, 4.69) is 5.32 Å². The SMILES string of the molecule is COc1ccc(Cl)cc1N([C@@H](C)C(=O)NCCOc1ccc(C)cc1)S(C)(=O)=O. The highest BCUT2D eigenvalue weighted by atomic mass is 35.5. The van der Waals surface area contributed by atoms with E-state index in [0.717, 1.165) is 16.1 Å². The summed E-state index contributed by atoms with van der Waals surface area (Å²) in [6, 6.07) is 11.1. The van der Waals surface area contributed by atoms with E-state index >= 15 is 0 Å². The fraction of sp³-hybridized carbons (Fsp3) is 0.350. The predicted octanol–water partition coefficient (Wildman–Crippen LogP) is 3.01. The summed E-state index contributed by atoms with van der Waals surface area (Å²) in [5, 5.41) is 3.02. The molecule has 7 nitrogen and oxygen atoms in total. The van der Waals surface area contributed by atoms with Gasteiger partial charge in [0.1, 0.15) is 24.1 Å². The van der Waals surface area contributed by atoms with Gasteiger partial charge in [-0.1, -0.05) is 29.3 Å². The largest absolute Gasteiger partial charge is 0.495 e. The van der Waals surface area contributed by atoms with E-state index in [4.69, 9.17) is 21.1 Å². The molecule has 2 rings (SSSR count). The van der Waals surface area contributed by atoms with Crippen molar-refractivity contribution in [1.82, 2.24) is 5.32 Å². The first-order valence-corrected chi connectivity index (χ1v) is 11.2. The van der Waals surface area contributed by atoms with Gasteiger partial charge in [0.05, 0.1) is 25.6 Å². The standard InChI is InChI=1S/C20H25ClN2O5S/c1-14-5-8-17(9-6-14)28-12-11-22-20(24)15(2)23(29(4,25)26)18-13-16(21)7-10-19(18)27-3/h5-10,13,15H,11-12H2,1-4H3,(H,22,24)/t15-/m0/s1. The molecule has 29 heavy (non-hydrogen) atoms. The van der Waals surface area contributed by atoms with Crippen LogP contribution in [-0.2, 0) is 14.8 Å². The molecule has 0 unspecified atom stereocenters. The smallest absolute Gasteiger partial charge is 0.243 e. The van der Waals surface area contributed by atoms with E-state index in [-0.39, 0.29) is 18.8 Å². The van der Waals surface area contributed by atoms with Crippen molar-refractivity contribution in [2.24, 2.45) is 0 Å². The maximum absolute atomic E-state index is 12.6. The molecular formula is C20H25ClN2O5S. The molecule has 2 aromatic rings. The Morgan fingerprint density at radius 2 is 1.86 bits per heavy atom. The fourth-order valence-corrected chi connectivity index (χ4v) is 4.08. The number of methoxy groups -OCH3 is 1. The summed E-state index contributed by atoms with van der Waals surface area (Å²) in [6.45, 7) is 3.95. The molecule has 0 spiro atoms. The highest BCUT2D eigenvalue weighted by molar-refractivity contribution is 7.92. The zero-order valence-corrected chi connectivity index (χ0v) is 18.4. The molecule has 1 N–H and O–H groups in total. The Bertz CT molecular complexity index is 948. The number of carbonyl (C=O) groups excluding carboxylic acids is 1. The highest BCUT2D eigenvalue weighted by Gasteiger charge is 2.31. The summed E-state index contributed by atoms with van der Waals surface area (Å²) in [5.74, 6) is 0.520. The van der Waals surface area contributed by atoms with Crippen LogP contribution in [0.5, 0.6) is 11.5 Å². The fourth-order valence-electron chi connectivity index (χ4n) is 2.74. The van der Waals surface area contributed by atoms with E-state index in [0.29, 0.717) is 16.5 Å². The quantitative estimate of drug-likeness (QED) is 0.606. The number of amides is 1. The summed E-state index contributed by atoms with van der Waals surface area (Å²) in [6.07, 6.45) is 1.03. The van der Waals surface area contributed by atoms with Gasteiger partial charge in [0.2, 0.25) is 15.9 Å². The highest BCUT2D eigenvalue weighted by Crippen LogP contribution is 2.34. The third-order valence-corrected chi connectivity index (χ3v) is 5.62. The lowest BCUT2D eigenvalue weighted by molar-refractivity contribution is -0.121. The summed E-state index contributed by atoms with van der Waals surface area (Å²) in [5.41, 5.74) is 1.32. The van der Waals surface area contributed by atoms with Crippen LogP contribution in [0.1, 0.15) is 12.5 Å². The second-order valence-corrected chi connectivity index (χ2v) is 8.80. The van der Waals surface area contributed by atoms with Crippen LogP contribution in [0.2, 0.25) is 5.02 Å². The van der Waals surface area contributed by atoms with Crippen LogP contribution < -0.4 is 19.1 Å². The van der Waals surface area contributed by atoms with Crippen LogP contribution >= 0.6 is 11.6 Å².